The van der Waals surface area contributed by atoms with Crippen LogP contribution in [-0.4, -0.2) is 41.5 Å². The number of pyridine rings is 1. The third-order valence-electron chi connectivity index (χ3n) is 7.89. The van der Waals surface area contributed by atoms with Gasteiger partial charge in [0.1, 0.15) is 5.82 Å². The molecule has 2 heterocycles. The summed E-state index contributed by atoms with van der Waals surface area (Å²) in [6.45, 7) is 5.40. The molecule has 2 aliphatic rings. The molecule has 1 aromatic carbocycles. The van der Waals surface area contributed by atoms with E-state index >= 15 is 0 Å². The van der Waals surface area contributed by atoms with Crippen molar-refractivity contribution in [2.45, 2.75) is 83.5 Å². The predicted octanol–water partition coefficient (Wildman–Crippen LogP) is 4.36. The van der Waals surface area contributed by atoms with Crippen LogP contribution in [0.5, 0.6) is 0 Å². The Morgan fingerprint density at radius 1 is 1.11 bits per heavy atom. The molecule has 1 saturated carbocycles. The number of benzene rings is 1. The number of aromatic nitrogens is 1. The summed E-state index contributed by atoms with van der Waals surface area (Å²) in [5.74, 6) is 0.156. The van der Waals surface area contributed by atoms with Crippen molar-refractivity contribution in [2.75, 3.05) is 11.9 Å². The third kappa shape index (κ3) is 5.67. The average molecular weight is 490 g/mol. The van der Waals surface area contributed by atoms with E-state index in [0.29, 0.717) is 6.42 Å². The molecular formula is C29H39N5O2. The Hall–Kier alpha value is -3.06. The molecular weight excluding hydrogens is 450 g/mol. The van der Waals surface area contributed by atoms with Crippen LogP contribution in [0.15, 0.2) is 42.6 Å². The molecule has 0 spiro atoms. The molecule has 1 amide bonds. The molecule has 7 heteroatoms. The van der Waals surface area contributed by atoms with Crippen molar-refractivity contribution >= 4 is 23.2 Å². The quantitative estimate of drug-likeness (QED) is 0.431. The van der Waals surface area contributed by atoms with Crippen LogP contribution in [0.4, 0.5) is 5.82 Å². The first-order chi connectivity index (χ1) is 17.4. The summed E-state index contributed by atoms with van der Waals surface area (Å²) in [4.78, 5) is 33.3. The van der Waals surface area contributed by atoms with E-state index in [9.17, 15) is 9.59 Å². The lowest BCUT2D eigenvalue weighted by atomic mass is 9.78. The molecule has 1 fully saturated rings. The largest absolute Gasteiger partial charge is 0.348 e. The Morgan fingerprint density at radius 2 is 1.78 bits per heavy atom. The Morgan fingerprint density at radius 3 is 2.39 bits per heavy atom. The van der Waals surface area contributed by atoms with Crippen molar-refractivity contribution in [2.24, 2.45) is 5.92 Å². The summed E-state index contributed by atoms with van der Waals surface area (Å²) in [6, 6.07) is 11.3. The molecule has 1 aromatic heterocycles. The summed E-state index contributed by atoms with van der Waals surface area (Å²) in [5.41, 5.74) is 3.62. The first-order valence-electron chi connectivity index (χ1n) is 13.3. The number of carbonyl (C=O) groups excluding carboxylic acids is 2. The van der Waals surface area contributed by atoms with E-state index in [1.54, 1.807) is 20.2 Å². The van der Waals surface area contributed by atoms with E-state index in [4.69, 9.17) is 5.41 Å². The van der Waals surface area contributed by atoms with Crippen LogP contribution in [0.3, 0.4) is 0 Å². The highest BCUT2D eigenvalue weighted by molar-refractivity contribution is 6.42. The van der Waals surface area contributed by atoms with Crippen molar-refractivity contribution < 1.29 is 9.59 Å². The smallest absolute Gasteiger partial charge is 0.237 e. The van der Waals surface area contributed by atoms with Crippen molar-refractivity contribution in [3.05, 3.63) is 59.3 Å². The Bertz CT molecular complexity index is 1070. The molecule has 192 valence electrons. The van der Waals surface area contributed by atoms with Gasteiger partial charge in [0.15, 0.2) is 5.78 Å². The SMILES string of the molecule is CC[C@H](C(=N)C(=O)[C@@H](NC(=O)[C@H](C)NC)C1CCCCC1)c1ccnc(N2Cc3ccccc3C2)c1. The van der Waals surface area contributed by atoms with E-state index in [2.05, 4.69) is 44.8 Å². The van der Waals surface area contributed by atoms with Crippen molar-refractivity contribution in [3.63, 3.8) is 0 Å². The summed E-state index contributed by atoms with van der Waals surface area (Å²) in [5, 5.41) is 14.9. The first-order valence-corrected chi connectivity index (χ1v) is 13.3. The standard InChI is InChI=1S/C29H39N5O2/c1-4-24(21-14-15-32-25(16-21)34-17-22-12-8-9-13-23(22)18-34)26(30)28(35)27(20-10-6-5-7-11-20)33-29(36)19(2)31-3/h8-9,12-16,19-20,24,27,30-31H,4-7,10-11,17-18H2,1-3H3,(H,33,36)/t19-,24-,27-/m0/s1. The van der Waals surface area contributed by atoms with E-state index < -0.39 is 12.1 Å². The molecule has 1 aliphatic heterocycles. The molecule has 4 rings (SSSR count). The highest BCUT2D eigenvalue weighted by Crippen LogP contribution is 2.32. The van der Waals surface area contributed by atoms with E-state index in [1.807, 2.05) is 19.1 Å². The number of carbonyl (C=O) groups is 2. The van der Waals surface area contributed by atoms with Gasteiger partial charge in [-0.1, -0.05) is 50.5 Å². The van der Waals surface area contributed by atoms with Crippen LogP contribution >= 0.6 is 0 Å². The van der Waals surface area contributed by atoms with Gasteiger partial charge in [0.05, 0.1) is 17.8 Å². The average Bonchev–Trinajstić information content (AvgIpc) is 3.36. The van der Waals surface area contributed by atoms with Crippen molar-refractivity contribution in [1.82, 2.24) is 15.6 Å². The third-order valence-corrected chi connectivity index (χ3v) is 7.89. The maximum absolute atomic E-state index is 13.8. The van der Waals surface area contributed by atoms with Gasteiger partial charge in [-0.25, -0.2) is 4.98 Å². The minimum Gasteiger partial charge on any atom is -0.348 e. The molecule has 36 heavy (non-hydrogen) atoms. The van der Waals surface area contributed by atoms with Gasteiger partial charge in [0.25, 0.3) is 0 Å². The maximum atomic E-state index is 13.8. The van der Waals surface area contributed by atoms with E-state index in [0.717, 1.165) is 56.6 Å². The zero-order valence-electron chi connectivity index (χ0n) is 21.7. The molecule has 1 aliphatic carbocycles. The highest BCUT2D eigenvalue weighted by atomic mass is 16.2. The zero-order valence-corrected chi connectivity index (χ0v) is 21.7. The fraction of sp³-hybridized carbons (Fsp3) is 0.517. The number of Topliss-reactive ketones (excluding diaryl/α,β-unsaturated/α-hetero) is 1. The summed E-state index contributed by atoms with van der Waals surface area (Å²) in [7, 11) is 1.73. The van der Waals surface area contributed by atoms with Gasteiger partial charge in [-0.2, -0.15) is 0 Å². The molecule has 2 aromatic rings. The normalized spacial score (nSPS) is 18.2. The van der Waals surface area contributed by atoms with Gasteiger partial charge >= 0.3 is 0 Å². The number of hydrogen-bond donors (Lipinski definition) is 3. The summed E-state index contributed by atoms with van der Waals surface area (Å²) >= 11 is 0. The monoisotopic (exact) mass is 489 g/mol. The van der Waals surface area contributed by atoms with Gasteiger partial charge < -0.3 is 20.9 Å². The lowest BCUT2D eigenvalue weighted by molar-refractivity contribution is -0.127. The number of nitrogens with zero attached hydrogens (tertiary/aromatic N) is 2. The molecule has 0 saturated heterocycles. The van der Waals surface area contributed by atoms with Gasteiger partial charge in [-0.05, 0) is 68.0 Å². The van der Waals surface area contributed by atoms with Crippen LogP contribution in [0.1, 0.15) is 75.0 Å². The number of nitrogens with one attached hydrogen (secondary N) is 3. The second-order valence-corrected chi connectivity index (χ2v) is 10.2. The van der Waals surface area contributed by atoms with Crippen LogP contribution < -0.4 is 15.5 Å². The number of rotatable bonds is 10. The van der Waals surface area contributed by atoms with Crippen LogP contribution in [0.25, 0.3) is 0 Å². The van der Waals surface area contributed by atoms with Gasteiger partial charge in [-0.15, -0.1) is 0 Å². The molecule has 0 bridgehead atoms. The maximum Gasteiger partial charge on any atom is 0.237 e. The molecule has 3 N–H and O–H groups in total. The number of anilines is 1. The number of amides is 1. The molecule has 0 radical (unpaired) electrons. The molecule has 0 unspecified atom stereocenters. The zero-order chi connectivity index (χ0) is 25.7. The number of ketones is 1. The Labute approximate surface area is 214 Å². The molecule has 7 nitrogen and oxygen atoms in total. The number of hydrogen-bond acceptors (Lipinski definition) is 6. The van der Waals surface area contributed by atoms with Gasteiger partial charge in [0.2, 0.25) is 5.91 Å². The summed E-state index contributed by atoms with van der Waals surface area (Å²) < 4.78 is 0. The Kier molecular flexibility index (Phi) is 8.52. The Balaban J connectivity index is 1.54. The minimum atomic E-state index is -0.649. The fourth-order valence-corrected chi connectivity index (χ4v) is 5.54. The predicted molar refractivity (Wildman–Crippen MR) is 143 cm³/mol. The van der Waals surface area contributed by atoms with Gasteiger partial charge in [0, 0.05) is 25.2 Å². The topological polar surface area (TPSA) is 98.2 Å². The molecule has 3 atom stereocenters. The van der Waals surface area contributed by atoms with E-state index in [-0.39, 0.29) is 29.2 Å². The van der Waals surface area contributed by atoms with Crippen molar-refractivity contribution in [3.8, 4) is 0 Å². The van der Waals surface area contributed by atoms with Crippen LogP contribution in [-0.2, 0) is 22.7 Å². The van der Waals surface area contributed by atoms with Gasteiger partial charge in [-0.3, -0.25) is 9.59 Å². The second-order valence-electron chi connectivity index (χ2n) is 10.2. The number of fused-ring (bicyclic) bond motifs is 1. The van der Waals surface area contributed by atoms with Crippen LogP contribution in [0.2, 0.25) is 0 Å². The summed E-state index contributed by atoms with van der Waals surface area (Å²) in [6.07, 6.45) is 7.50. The van der Waals surface area contributed by atoms with E-state index in [1.165, 1.54) is 11.1 Å². The second kappa shape index (κ2) is 11.8. The highest BCUT2D eigenvalue weighted by Gasteiger charge is 2.36. The fourth-order valence-electron chi connectivity index (χ4n) is 5.54. The van der Waals surface area contributed by atoms with Crippen LogP contribution in [0, 0.1) is 11.3 Å². The van der Waals surface area contributed by atoms with Crippen molar-refractivity contribution in [1.29, 1.82) is 5.41 Å². The first kappa shape index (κ1) is 26.0. The lowest BCUT2D eigenvalue weighted by Crippen LogP contribution is -2.53. The number of likely N-dealkylation sites (N-methyl/N-ethyl adjacent to an activating group) is 1. The minimum absolute atomic E-state index is 0.0762. The lowest BCUT2D eigenvalue weighted by Gasteiger charge is -2.32.